The van der Waals surface area contributed by atoms with Crippen molar-refractivity contribution in [2.45, 2.75) is 12.3 Å². The maximum atomic E-state index is 13.2. The quantitative estimate of drug-likeness (QED) is 0.683. The highest BCUT2D eigenvalue weighted by Crippen LogP contribution is 2.34. The van der Waals surface area contributed by atoms with Crippen LogP contribution in [0.25, 0.3) is 0 Å². The Kier molecular flexibility index (Phi) is 4.83. The Morgan fingerprint density at radius 1 is 1.21 bits per heavy atom. The molecule has 0 saturated heterocycles. The van der Waals surface area contributed by atoms with Crippen LogP contribution in [0.5, 0.6) is 5.75 Å². The molecular formula is C15H13BrClFO. The van der Waals surface area contributed by atoms with E-state index in [1.165, 1.54) is 12.1 Å². The fourth-order valence-electron chi connectivity index (χ4n) is 1.80. The molecule has 1 nitrogen and oxygen atoms in total. The van der Waals surface area contributed by atoms with Crippen LogP contribution < -0.4 is 4.74 Å². The third kappa shape index (κ3) is 3.48. The zero-order valence-corrected chi connectivity index (χ0v) is 12.7. The summed E-state index contributed by atoms with van der Waals surface area (Å²) in [4.78, 5) is 0. The Hall–Kier alpha value is -1.06. The summed E-state index contributed by atoms with van der Waals surface area (Å²) in [6, 6.07) is 12.0. The molecule has 0 saturated carbocycles. The third-order valence-electron chi connectivity index (χ3n) is 2.69. The summed E-state index contributed by atoms with van der Waals surface area (Å²) in [6.07, 6.45) is 0. The van der Waals surface area contributed by atoms with Gasteiger partial charge in [-0.05, 0) is 58.2 Å². The first-order valence-corrected chi connectivity index (χ1v) is 7.16. The molecule has 0 aliphatic rings. The van der Waals surface area contributed by atoms with Gasteiger partial charge in [-0.3, -0.25) is 0 Å². The van der Waals surface area contributed by atoms with Gasteiger partial charge in [0, 0.05) is 0 Å². The van der Waals surface area contributed by atoms with E-state index in [2.05, 4.69) is 15.9 Å². The van der Waals surface area contributed by atoms with Gasteiger partial charge in [0.25, 0.3) is 0 Å². The molecule has 2 aromatic carbocycles. The lowest BCUT2D eigenvalue weighted by atomic mass is 10.0. The van der Waals surface area contributed by atoms with E-state index >= 15 is 0 Å². The summed E-state index contributed by atoms with van der Waals surface area (Å²) in [7, 11) is 0. The minimum Gasteiger partial charge on any atom is -0.493 e. The van der Waals surface area contributed by atoms with Gasteiger partial charge in [-0.2, -0.15) is 0 Å². The van der Waals surface area contributed by atoms with Crippen molar-refractivity contribution < 1.29 is 9.13 Å². The van der Waals surface area contributed by atoms with Gasteiger partial charge in [0.1, 0.15) is 11.6 Å². The number of hydrogen-bond acceptors (Lipinski definition) is 1. The summed E-state index contributed by atoms with van der Waals surface area (Å²) in [5.74, 6) is 0.488. The van der Waals surface area contributed by atoms with Gasteiger partial charge in [-0.15, -0.1) is 11.6 Å². The van der Waals surface area contributed by atoms with E-state index in [-0.39, 0.29) is 11.2 Å². The van der Waals surface area contributed by atoms with E-state index in [9.17, 15) is 4.39 Å². The molecule has 0 bridgehead atoms. The van der Waals surface area contributed by atoms with Crippen LogP contribution in [0, 0.1) is 5.82 Å². The summed E-state index contributed by atoms with van der Waals surface area (Å²) in [5, 5.41) is -0.386. The molecule has 0 N–H and O–H groups in total. The van der Waals surface area contributed by atoms with Crippen LogP contribution in [0.4, 0.5) is 4.39 Å². The van der Waals surface area contributed by atoms with Gasteiger partial charge in [-0.1, -0.05) is 18.2 Å². The van der Waals surface area contributed by atoms with E-state index in [0.717, 1.165) is 21.3 Å². The number of hydrogen-bond donors (Lipinski definition) is 0. The maximum absolute atomic E-state index is 13.2. The van der Waals surface area contributed by atoms with Crippen LogP contribution >= 0.6 is 27.5 Å². The van der Waals surface area contributed by atoms with Gasteiger partial charge < -0.3 is 4.74 Å². The molecule has 4 heteroatoms. The smallest absolute Gasteiger partial charge is 0.133 e. The maximum Gasteiger partial charge on any atom is 0.133 e. The van der Waals surface area contributed by atoms with Crippen LogP contribution in [0.1, 0.15) is 23.4 Å². The molecule has 0 fully saturated rings. The van der Waals surface area contributed by atoms with E-state index in [1.807, 2.05) is 31.2 Å². The molecule has 0 aliphatic carbocycles. The van der Waals surface area contributed by atoms with Crippen molar-refractivity contribution in [1.82, 2.24) is 0 Å². The van der Waals surface area contributed by atoms with Crippen molar-refractivity contribution in [1.29, 1.82) is 0 Å². The predicted octanol–water partition coefficient (Wildman–Crippen LogP) is 5.32. The van der Waals surface area contributed by atoms with Gasteiger partial charge in [0.15, 0.2) is 0 Å². The standard InChI is InChI=1S/C15H13BrClFO/c1-2-19-14-7-6-11(9-13(14)16)15(17)10-4-3-5-12(18)8-10/h3-9,15H,2H2,1H3. The zero-order chi connectivity index (χ0) is 13.8. The number of halogens is 3. The highest BCUT2D eigenvalue weighted by molar-refractivity contribution is 9.10. The average Bonchev–Trinajstić information content (AvgIpc) is 2.40. The topological polar surface area (TPSA) is 9.23 Å². The zero-order valence-electron chi connectivity index (χ0n) is 10.4. The van der Waals surface area contributed by atoms with Crippen molar-refractivity contribution in [2.75, 3.05) is 6.61 Å². The first-order valence-electron chi connectivity index (χ1n) is 5.93. The molecule has 1 unspecified atom stereocenters. The molecule has 0 aromatic heterocycles. The largest absolute Gasteiger partial charge is 0.493 e. The fraction of sp³-hybridized carbons (Fsp3) is 0.200. The molecule has 100 valence electrons. The Bertz CT molecular complexity index is 574. The van der Waals surface area contributed by atoms with Crippen LogP contribution in [0.2, 0.25) is 0 Å². The molecule has 0 heterocycles. The number of alkyl halides is 1. The monoisotopic (exact) mass is 342 g/mol. The summed E-state index contributed by atoms with van der Waals surface area (Å²) < 4.78 is 19.5. The van der Waals surface area contributed by atoms with Crippen LogP contribution in [0.3, 0.4) is 0 Å². The Balaban J connectivity index is 2.29. The molecule has 2 aromatic rings. The minimum absolute atomic E-state index is 0.284. The highest BCUT2D eigenvalue weighted by Gasteiger charge is 2.13. The van der Waals surface area contributed by atoms with Gasteiger partial charge in [-0.25, -0.2) is 4.39 Å². The summed E-state index contributed by atoms with van der Waals surface area (Å²) in [5.41, 5.74) is 1.63. The molecule has 2 rings (SSSR count). The lowest BCUT2D eigenvalue weighted by molar-refractivity contribution is 0.338. The average molecular weight is 344 g/mol. The third-order valence-corrected chi connectivity index (χ3v) is 3.81. The Morgan fingerprint density at radius 2 is 1.95 bits per heavy atom. The minimum atomic E-state index is -0.386. The first kappa shape index (κ1) is 14.4. The van der Waals surface area contributed by atoms with Crippen molar-refractivity contribution in [3.05, 3.63) is 63.9 Å². The predicted molar refractivity (Wildman–Crippen MR) is 79.4 cm³/mol. The normalized spacial score (nSPS) is 12.2. The summed E-state index contributed by atoms with van der Waals surface area (Å²) in [6.45, 7) is 2.53. The van der Waals surface area contributed by atoms with E-state index in [1.54, 1.807) is 6.07 Å². The number of ether oxygens (including phenoxy) is 1. The van der Waals surface area contributed by atoms with Crippen molar-refractivity contribution >= 4 is 27.5 Å². The summed E-state index contributed by atoms with van der Waals surface area (Å²) >= 11 is 9.82. The molecule has 0 spiro atoms. The molecular weight excluding hydrogens is 331 g/mol. The SMILES string of the molecule is CCOc1ccc(C(Cl)c2cccc(F)c2)cc1Br. The lowest BCUT2D eigenvalue weighted by Crippen LogP contribution is -1.96. The second-order valence-electron chi connectivity index (χ2n) is 4.04. The van der Waals surface area contributed by atoms with Crippen molar-refractivity contribution in [3.8, 4) is 5.75 Å². The molecule has 0 radical (unpaired) electrons. The van der Waals surface area contributed by atoms with E-state index < -0.39 is 0 Å². The van der Waals surface area contributed by atoms with Gasteiger partial charge in [0.2, 0.25) is 0 Å². The lowest BCUT2D eigenvalue weighted by Gasteiger charge is -2.13. The number of benzene rings is 2. The molecule has 19 heavy (non-hydrogen) atoms. The Morgan fingerprint density at radius 3 is 2.58 bits per heavy atom. The highest BCUT2D eigenvalue weighted by atomic mass is 79.9. The number of rotatable bonds is 4. The van der Waals surface area contributed by atoms with Crippen molar-refractivity contribution in [2.24, 2.45) is 0 Å². The Labute approximate surface area is 125 Å². The second kappa shape index (κ2) is 6.40. The first-order chi connectivity index (χ1) is 9.11. The van der Waals surface area contributed by atoms with E-state index in [0.29, 0.717) is 6.61 Å². The molecule has 0 aliphatic heterocycles. The molecule has 0 amide bonds. The van der Waals surface area contributed by atoms with Gasteiger partial charge in [0.05, 0.1) is 16.5 Å². The van der Waals surface area contributed by atoms with Gasteiger partial charge >= 0.3 is 0 Å². The molecule has 1 atom stereocenters. The van der Waals surface area contributed by atoms with Crippen molar-refractivity contribution in [3.63, 3.8) is 0 Å². The van der Waals surface area contributed by atoms with Crippen LogP contribution in [0.15, 0.2) is 46.9 Å². The second-order valence-corrected chi connectivity index (χ2v) is 5.33. The van der Waals surface area contributed by atoms with Crippen LogP contribution in [-0.4, -0.2) is 6.61 Å². The fourth-order valence-corrected chi connectivity index (χ4v) is 2.59. The van der Waals surface area contributed by atoms with E-state index in [4.69, 9.17) is 16.3 Å². The van der Waals surface area contributed by atoms with Crippen LogP contribution in [-0.2, 0) is 0 Å².